The number of hydroxylamine groups is 1. The van der Waals surface area contributed by atoms with Crippen molar-refractivity contribution < 1.29 is 9.70 Å². The van der Waals surface area contributed by atoms with Crippen LogP contribution in [0.3, 0.4) is 0 Å². The Labute approximate surface area is 154 Å². The lowest BCUT2D eigenvalue weighted by Gasteiger charge is -2.05. The van der Waals surface area contributed by atoms with Crippen LogP contribution in [0.5, 0.6) is 0 Å². The van der Waals surface area contributed by atoms with Crippen molar-refractivity contribution in [3.05, 3.63) is 46.3 Å². The molecule has 0 bridgehead atoms. The van der Waals surface area contributed by atoms with E-state index < -0.39 is 6.04 Å². The molecule has 0 aliphatic heterocycles. The summed E-state index contributed by atoms with van der Waals surface area (Å²) in [6.45, 7) is 5.51. The molecule has 7 heteroatoms. The Balaban J connectivity index is 2.80. The monoisotopic (exact) mass is 445 g/mol. The van der Waals surface area contributed by atoms with Crippen LogP contribution in [0.15, 0.2) is 40.7 Å². The van der Waals surface area contributed by atoms with Gasteiger partial charge in [-0.3, -0.25) is 0 Å². The number of rotatable bonds is 6. The van der Waals surface area contributed by atoms with Crippen molar-refractivity contribution in [1.82, 2.24) is 0 Å². The van der Waals surface area contributed by atoms with Gasteiger partial charge < -0.3 is 10.0 Å². The maximum absolute atomic E-state index is 11.9. The Morgan fingerprint density at radius 1 is 1.48 bits per heavy atom. The van der Waals surface area contributed by atoms with Gasteiger partial charge in [-0.25, -0.2) is 0 Å². The van der Waals surface area contributed by atoms with E-state index in [2.05, 4.69) is 20.1 Å². The number of nitrogens with zero attached hydrogens (tertiary/aromatic N) is 3. The van der Waals surface area contributed by atoms with Gasteiger partial charge in [0.1, 0.15) is 0 Å². The Hall–Kier alpha value is -1.59. The van der Waals surface area contributed by atoms with Crippen LogP contribution in [0.1, 0.15) is 26.3 Å². The number of hydrogen-bond acceptors (Lipinski definition) is 4. The lowest BCUT2D eigenvalue weighted by atomic mass is 10.1. The Morgan fingerprint density at radius 3 is 2.83 bits per heavy atom. The van der Waals surface area contributed by atoms with Gasteiger partial charge in [0.25, 0.3) is 0 Å². The van der Waals surface area contributed by atoms with E-state index >= 15 is 0 Å². The van der Waals surface area contributed by atoms with Crippen molar-refractivity contribution in [3.63, 3.8) is 0 Å². The first kappa shape index (κ1) is 19.5. The lowest BCUT2D eigenvalue weighted by molar-refractivity contribution is -0.459. The molecule has 23 heavy (non-hydrogen) atoms. The van der Waals surface area contributed by atoms with E-state index in [9.17, 15) is 5.21 Å². The smallest absolute Gasteiger partial charge is 0.212 e. The summed E-state index contributed by atoms with van der Waals surface area (Å²) >= 11 is 8.02. The van der Waals surface area contributed by atoms with Gasteiger partial charge in [0.05, 0.1) is 5.71 Å². The maximum atomic E-state index is 11.9. The van der Waals surface area contributed by atoms with Gasteiger partial charge >= 0.3 is 0 Å². The first-order valence-corrected chi connectivity index (χ1v) is 8.26. The van der Waals surface area contributed by atoms with Gasteiger partial charge in [-0.1, -0.05) is 39.8 Å². The van der Waals surface area contributed by atoms with Crippen LogP contribution in [-0.4, -0.2) is 23.2 Å². The molecule has 0 aliphatic carbocycles. The molecule has 0 fully saturated rings. The van der Waals surface area contributed by atoms with Crippen molar-refractivity contribution in [2.24, 2.45) is 10.3 Å². The summed E-state index contributed by atoms with van der Waals surface area (Å²) in [7, 11) is 0. The molecule has 0 N–H and O–H groups in total. The number of halogens is 2. The molecule has 0 amide bonds. The van der Waals surface area contributed by atoms with Crippen LogP contribution >= 0.6 is 34.2 Å². The van der Waals surface area contributed by atoms with E-state index in [1.54, 1.807) is 26.8 Å². The van der Waals surface area contributed by atoms with E-state index in [-0.39, 0.29) is 6.61 Å². The zero-order valence-corrected chi connectivity index (χ0v) is 16.0. The van der Waals surface area contributed by atoms with Crippen molar-refractivity contribution in [2.45, 2.75) is 26.8 Å². The molecule has 0 aliphatic rings. The summed E-state index contributed by atoms with van der Waals surface area (Å²) in [5.74, 6) is 2.72. The highest BCUT2D eigenvalue weighted by atomic mass is 127. The summed E-state index contributed by atoms with van der Waals surface area (Å²) in [6.07, 6.45) is 1.38. The van der Waals surface area contributed by atoms with Crippen LogP contribution in [0, 0.1) is 15.1 Å². The van der Waals surface area contributed by atoms with Crippen molar-refractivity contribution >= 4 is 45.5 Å². The van der Waals surface area contributed by atoms with Crippen molar-refractivity contribution in [2.75, 3.05) is 6.61 Å². The number of oxime groups is 1. The summed E-state index contributed by atoms with van der Waals surface area (Å²) in [4.78, 5) is 5.52. The van der Waals surface area contributed by atoms with E-state index in [0.717, 1.165) is 11.1 Å². The largest absolute Gasteiger partial charge is 0.595 e. The topological polar surface area (TPSA) is 60.0 Å². The van der Waals surface area contributed by atoms with Gasteiger partial charge in [-0.05, 0) is 41.8 Å². The Morgan fingerprint density at radius 2 is 2.17 bits per heavy atom. The molecule has 122 valence electrons. The molecule has 1 aromatic rings. The van der Waals surface area contributed by atoms with Gasteiger partial charge in [0.2, 0.25) is 6.20 Å². The average molecular weight is 446 g/mol. The molecule has 5 nitrogen and oxygen atoms in total. The van der Waals surface area contributed by atoms with Gasteiger partial charge in [0, 0.05) is 38.8 Å². The van der Waals surface area contributed by atoms with Crippen molar-refractivity contribution in [1.29, 1.82) is 0 Å². The van der Waals surface area contributed by atoms with Crippen LogP contribution < -0.4 is 0 Å². The van der Waals surface area contributed by atoms with E-state index in [4.69, 9.17) is 16.4 Å². The summed E-state index contributed by atoms with van der Waals surface area (Å²) < 4.78 is 2.67. The number of hydrogen-bond donors (Lipinski definition) is 0. The first-order chi connectivity index (χ1) is 11.0. The Bertz CT molecular complexity index is 690. The highest BCUT2D eigenvalue weighted by molar-refractivity contribution is 14.1. The third-order valence-electron chi connectivity index (χ3n) is 2.91. The fraction of sp³-hybridized carbons (Fsp3) is 0.312. The normalized spacial score (nSPS) is 14.0. The molecule has 0 heterocycles. The third-order valence-corrected chi connectivity index (χ3v) is 3.62. The van der Waals surface area contributed by atoms with E-state index in [1.165, 1.54) is 6.20 Å². The molecule has 0 aromatic heterocycles. The predicted octanol–water partition coefficient (Wildman–Crippen LogP) is 4.84. The van der Waals surface area contributed by atoms with Crippen LogP contribution in [0.4, 0.5) is 0 Å². The second-order valence-electron chi connectivity index (χ2n) is 4.66. The van der Waals surface area contributed by atoms with Gasteiger partial charge in [-0.15, -0.1) is 0 Å². The standard InChI is InChI=1S/C16H17ClIN3O2/c1-12(15-7-4-5-8-16(15)17)11-21(22)19-13(2)14(3)20-23-10-6-9-18/h4-5,7-8,11,13H,10H2,1-3H3/b12-11+,20-14+,21-19?. The highest BCUT2D eigenvalue weighted by Crippen LogP contribution is 2.22. The quantitative estimate of drug-likeness (QED) is 0.120. The molecular weight excluding hydrogens is 429 g/mol. The third kappa shape index (κ3) is 7.01. The average Bonchev–Trinajstić information content (AvgIpc) is 2.51. The lowest BCUT2D eigenvalue weighted by Crippen LogP contribution is -2.14. The van der Waals surface area contributed by atoms with Crippen LogP contribution in [0.25, 0.3) is 5.57 Å². The minimum absolute atomic E-state index is 0.208. The Kier molecular flexibility index (Phi) is 8.66. The number of azo groups is 1. The molecule has 0 spiro atoms. The fourth-order valence-corrected chi connectivity index (χ4v) is 2.01. The minimum atomic E-state index is -0.407. The molecule has 1 unspecified atom stereocenters. The number of allylic oxidation sites excluding steroid dienone is 1. The molecule has 0 saturated heterocycles. The van der Waals surface area contributed by atoms with Gasteiger partial charge in [0.15, 0.2) is 12.6 Å². The molecular formula is C16H17ClIN3O2. The first-order valence-electron chi connectivity index (χ1n) is 6.81. The summed E-state index contributed by atoms with van der Waals surface area (Å²) in [6, 6.07) is 6.91. The second-order valence-corrected chi connectivity index (χ2v) is 5.61. The minimum Gasteiger partial charge on any atom is -0.595 e. The highest BCUT2D eigenvalue weighted by Gasteiger charge is 2.10. The molecule has 1 aromatic carbocycles. The summed E-state index contributed by atoms with van der Waals surface area (Å²) in [5.41, 5.74) is 2.11. The summed E-state index contributed by atoms with van der Waals surface area (Å²) in [5, 5.41) is 20.4. The predicted molar refractivity (Wildman–Crippen MR) is 101 cm³/mol. The molecule has 1 rings (SSSR count). The van der Waals surface area contributed by atoms with E-state index in [1.807, 2.05) is 40.8 Å². The zero-order chi connectivity index (χ0) is 17.2. The molecule has 0 radical (unpaired) electrons. The maximum Gasteiger partial charge on any atom is 0.212 e. The van der Waals surface area contributed by atoms with E-state index in [0.29, 0.717) is 15.6 Å². The van der Waals surface area contributed by atoms with Crippen molar-refractivity contribution in [3.8, 4) is 9.85 Å². The number of benzene rings is 1. The second kappa shape index (κ2) is 10.2. The molecule has 1 atom stereocenters. The SMILES string of the molecule is C/C(=C\[N+]([O-])=NC(C)/C(C)=N/OCC#CI)c1ccccc1Cl. The fourth-order valence-electron chi connectivity index (χ4n) is 1.57. The molecule has 0 saturated carbocycles. The van der Waals surface area contributed by atoms with Crippen LogP contribution in [-0.2, 0) is 4.84 Å². The van der Waals surface area contributed by atoms with Crippen LogP contribution in [0.2, 0.25) is 5.02 Å². The zero-order valence-electron chi connectivity index (χ0n) is 13.1. The van der Waals surface area contributed by atoms with Gasteiger partial charge in [-0.2, -0.15) is 0 Å².